The van der Waals surface area contributed by atoms with Crippen LogP contribution >= 0.6 is 0 Å². The molecule has 1 aromatic rings. The molecule has 1 rings (SSSR count). The Morgan fingerprint density at radius 2 is 1.74 bits per heavy atom. The van der Waals surface area contributed by atoms with Crippen LogP contribution in [0, 0.1) is 0 Å². The lowest BCUT2D eigenvalue weighted by Gasteiger charge is -2.08. The number of hydrogen-bond donors (Lipinski definition) is 1. The first-order valence-electron chi connectivity index (χ1n) is 6.44. The van der Waals surface area contributed by atoms with Crippen molar-refractivity contribution in [2.75, 3.05) is 13.2 Å². The molecule has 0 aromatic heterocycles. The van der Waals surface area contributed by atoms with Gasteiger partial charge in [-0.05, 0) is 24.1 Å². The molecule has 0 amide bonds. The summed E-state index contributed by atoms with van der Waals surface area (Å²) in [5.41, 5.74) is 2.16. The third-order valence-electron chi connectivity index (χ3n) is 2.62. The molecule has 1 aromatic carbocycles. The Kier molecular flexibility index (Phi) is 6.87. The van der Waals surface area contributed by atoms with Crippen molar-refractivity contribution in [1.29, 1.82) is 0 Å². The Morgan fingerprint density at radius 3 is 2.32 bits per heavy atom. The van der Waals surface area contributed by atoms with Crippen molar-refractivity contribution in [2.24, 2.45) is 0 Å². The Hall–Kier alpha value is -1.07. The van der Waals surface area contributed by atoms with Gasteiger partial charge in [0.05, 0.1) is 6.61 Å². The molecule has 0 aliphatic carbocycles. The van der Waals surface area contributed by atoms with Crippen LogP contribution in [0.15, 0.2) is 24.3 Å². The van der Waals surface area contributed by atoms with Crippen molar-refractivity contribution < 1.29 is 17.9 Å². The first-order chi connectivity index (χ1) is 9.01. The number of nitrogens with one attached hydrogen (secondary N) is 1. The normalized spacial score (nSPS) is 11.8. The second-order valence-corrected chi connectivity index (χ2v) is 4.37. The van der Waals surface area contributed by atoms with Gasteiger partial charge in [0.1, 0.15) is 0 Å². The molecular formula is C14H20F3NO. The van der Waals surface area contributed by atoms with Crippen LogP contribution in [0.2, 0.25) is 0 Å². The van der Waals surface area contributed by atoms with Gasteiger partial charge >= 0.3 is 6.18 Å². The van der Waals surface area contributed by atoms with E-state index in [4.69, 9.17) is 4.74 Å². The van der Waals surface area contributed by atoms with Crippen LogP contribution < -0.4 is 5.32 Å². The first-order valence-corrected chi connectivity index (χ1v) is 6.44. The topological polar surface area (TPSA) is 21.3 Å². The Morgan fingerprint density at radius 1 is 1.11 bits per heavy atom. The number of alkyl halides is 3. The van der Waals surface area contributed by atoms with E-state index in [-0.39, 0.29) is 13.0 Å². The van der Waals surface area contributed by atoms with Crippen LogP contribution in [0.25, 0.3) is 0 Å². The predicted molar refractivity (Wildman–Crippen MR) is 68.8 cm³/mol. The molecule has 0 spiro atoms. The van der Waals surface area contributed by atoms with Crippen molar-refractivity contribution in [3.63, 3.8) is 0 Å². The van der Waals surface area contributed by atoms with Crippen molar-refractivity contribution >= 4 is 0 Å². The molecule has 1 N–H and O–H groups in total. The Labute approximate surface area is 112 Å². The molecule has 0 atom stereocenters. The van der Waals surface area contributed by atoms with E-state index in [1.165, 1.54) is 5.56 Å². The summed E-state index contributed by atoms with van der Waals surface area (Å²) in [4.78, 5) is 0. The van der Waals surface area contributed by atoms with Gasteiger partial charge in [-0.1, -0.05) is 31.2 Å². The third kappa shape index (κ3) is 7.85. The highest BCUT2D eigenvalue weighted by molar-refractivity contribution is 5.21. The fraction of sp³-hybridized carbons (Fsp3) is 0.571. The third-order valence-corrected chi connectivity index (χ3v) is 2.62. The van der Waals surface area contributed by atoms with Crippen molar-refractivity contribution in [2.45, 2.75) is 39.1 Å². The second kappa shape index (κ2) is 8.17. The smallest absolute Gasteiger partial charge is 0.377 e. The number of hydrogen-bond acceptors (Lipinski definition) is 2. The SMILES string of the molecule is CCNCc1ccc(COCCCC(F)(F)F)cc1. The highest BCUT2D eigenvalue weighted by Crippen LogP contribution is 2.21. The van der Waals surface area contributed by atoms with Crippen LogP contribution in [0.1, 0.15) is 30.9 Å². The average Bonchev–Trinajstić information content (AvgIpc) is 2.36. The van der Waals surface area contributed by atoms with Crippen LogP contribution in [-0.4, -0.2) is 19.3 Å². The van der Waals surface area contributed by atoms with Crippen molar-refractivity contribution in [3.05, 3.63) is 35.4 Å². The zero-order valence-corrected chi connectivity index (χ0v) is 11.1. The van der Waals surface area contributed by atoms with Gasteiger partial charge in [0, 0.05) is 19.6 Å². The second-order valence-electron chi connectivity index (χ2n) is 4.37. The summed E-state index contributed by atoms with van der Waals surface area (Å²) in [6, 6.07) is 7.88. The van der Waals surface area contributed by atoms with Gasteiger partial charge in [-0.2, -0.15) is 13.2 Å². The minimum Gasteiger partial charge on any atom is -0.377 e. The minimum absolute atomic E-state index is 0.0159. The summed E-state index contributed by atoms with van der Waals surface area (Å²) in [5, 5.41) is 3.22. The van der Waals surface area contributed by atoms with E-state index in [2.05, 4.69) is 5.32 Å². The number of benzene rings is 1. The van der Waals surface area contributed by atoms with E-state index in [9.17, 15) is 13.2 Å². The molecule has 2 nitrogen and oxygen atoms in total. The lowest BCUT2D eigenvalue weighted by Crippen LogP contribution is -2.11. The monoisotopic (exact) mass is 275 g/mol. The molecule has 5 heteroatoms. The predicted octanol–water partition coefficient (Wildman–Crippen LogP) is 3.66. The standard InChI is InChI=1S/C14H20F3NO/c1-2-18-10-12-4-6-13(7-5-12)11-19-9-3-8-14(15,16)17/h4-7,18H,2-3,8-11H2,1H3. The summed E-state index contributed by atoms with van der Waals surface area (Å²) in [5.74, 6) is 0. The van der Waals surface area contributed by atoms with Crippen LogP contribution in [0.3, 0.4) is 0 Å². The van der Waals surface area contributed by atoms with E-state index in [1.807, 2.05) is 31.2 Å². The summed E-state index contributed by atoms with van der Waals surface area (Å²) < 4.78 is 40.9. The molecular weight excluding hydrogens is 255 g/mol. The molecule has 0 saturated carbocycles. The summed E-state index contributed by atoms with van der Waals surface area (Å²) in [7, 11) is 0. The summed E-state index contributed by atoms with van der Waals surface area (Å²) in [6.45, 7) is 4.29. The van der Waals surface area contributed by atoms with Gasteiger partial charge in [-0.3, -0.25) is 0 Å². The largest absolute Gasteiger partial charge is 0.389 e. The highest BCUT2D eigenvalue weighted by Gasteiger charge is 2.25. The van der Waals surface area contributed by atoms with Crippen LogP contribution in [0.4, 0.5) is 13.2 Å². The highest BCUT2D eigenvalue weighted by atomic mass is 19.4. The van der Waals surface area contributed by atoms with Crippen molar-refractivity contribution in [3.8, 4) is 0 Å². The molecule has 0 fully saturated rings. The Balaban J connectivity index is 2.19. The quantitative estimate of drug-likeness (QED) is 0.731. The van der Waals surface area contributed by atoms with Gasteiger partial charge < -0.3 is 10.1 Å². The molecule has 19 heavy (non-hydrogen) atoms. The van der Waals surface area contributed by atoms with Gasteiger partial charge in [0.2, 0.25) is 0 Å². The maximum Gasteiger partial charge on any atom is 0.389 e. The van der Waals surface area contributed by atoms with Gasteiger partial charge in [-0.15, -0.1) is 0 Å². The molecule has 0 bridgehead atoms. The Bertz CT molecular complexity index is 349. The summed E-state index contributed by atoms with van der Waals surface area (Å²) >= 11 is 0. The lowest BCUT2D eigenvalue weighted by molar-refractivity contribution is -0.138. The van der Waals surface area contributed by atoms with Crippen LogP contribution in [-0.2, 0) is 17.9 Å². The fourth-order valence-corrected chi connectivity index (χ4v) is 1.59. The van der Waals surface area contributed by atoms with Gasteiger partial charge in [0.25, 0.3) is 0 Å². The van der Waals surface area contributed by atoms with E-state index in [1.54, 1.807) is 0 Å². The number of rotatable bonds is 8. The van der Waals surface area contributed by atoms with Gasteiger partial charge in [-0.25, -0.2) is 0 Å². The molecule has 0 heterocycles. The molecule has 0 saturated heterocycles. The van der Waals surface area contributed by atoms with E-state index < -0.39 is 12.6 Å². The van der Waals surface area contributed by atoms with E-state index in [0.29, 0.717) is 6.61 Å². The van der Waals surface area contributed by atoms with Crippen LogP contribution in [0.5, 0.6) is 0 Å². The van der Waals surface area contributed by atoms with E-state index >= 15 is 0 Å². The van der Waals surface area contributed by atoms with Crippen molar-refractivity contribution in [1.82, 2.24) is 5.32 Å². The lowest BCUT2D eigenvalue weighted by atomic mass is 10.1. The summed E-state index contributed by atoms with van der Waals surface area (Å²) in [6.07, 6.45) is -4.85. The molecule has 0 aliphatic heterocycles. The maximum absolute atomic E-state index is 11.9. The zero-order chi connectivity index (χ0) is 14.1. The number of ether oxygens (including phenoxy) is 1. The first kappa shape index (κ1) is 16.0. The van der Waals surface area contributed by atoms with Gasteiger partial charge in [0.15, 0.2) is 0 Å². The minimum atomic E-state index is -4.09. The average molecular weight is 275 g/mol. The zero-order valence-electron chi connectivity index (χ0n) is 11.1. The molecule has 0 aliphatic rings. The molecule has 0 radical (unpaired) electrons. The maximum atomic E-state index is 11.9. The molecule has 0 unspecified atom stereocenters. The number of halogens is 3. The fourth-order valence-electron chi connectivity index (χ4n) is 1.59. The molecule has 108 valence electrons. The van der Waals surface area contributed by atoms with E-state index in [0.717, 1.165) is 18.7 Å².